The van der Waals surface area contributed by atoms with E-state index in [1.807, 2.05) is 0 Å². The molecule has 1 aromatic rings. The van der Waals surface area contributed by atoms with E-state index in [0.29, 0.717) is 16.8 Å². The summed E-state index contributed by atoms with van der Waals surface area (Å²) in [4.78, 5) is 0. The van der Waals surface area contributed by atoms with E-state index in [-0.39, 0.29) is 5.56 Å². The third-order valence-corrected chi connectivity index (χ3v) is 4.16. The molecule has 3 N–H and O–H groups in total. The molecule has 0 bridgehead atoms. The predicted molar refractivity (Wildman–Crippen MR) is 82.0 cm³/mol. The van der Waals surface area contributed by atoms with Crippen LogP contribution in [0.1, 0.15) is 57.6 Å². The molecule has 0 saturated heterocycles. The van der Waals surface area contributed by atoms with E-state index in [1.54, 1.807) is 0 Å². The van der Waals surface area contributed by atoms with E-state index in [9.17, 15) is 8.78 Å². The smallest absolute Gasteiger partial charge is 0.132 e. The van der Waals surface area contributed by atoms with Crippen molar-refractivity contribution in [3.05, 3.63) is 33.8 Å². The van der Waals surface area contributed by atoms with E-state index in [2.05, 4.69) is 35.2 Å². The molecule has 0 saturated carbocycles. The number of hydrogen-bond donors (Lipinski definition) is 2. The van der Waals surface area contributed by atoms with Crippen LogP contribution in [0.5, 0.6) is 0 Å². The summed E-state index contributed by atoms with van der Waals surface area (Å²) in [6.07, 6.45) is 4.94. The van der Waals surface area contributed by atoms with E-state index in [1.165, 1.54) is 12.1 Å². The number of nitrogens with two attached hydrogens (primary N) is 1. The zero-order valence-electron chi connectivity index (χ0n) is 12.1. The van der Waals surface area contributed by atoms with Crippen LogP contribution in [0.3, 0.4) is 0 Å². The second-order valence-electron chi connectivity index (χ2n) is 5.15. The van der Waals surface area contributed by atoms with Crippen LogP contribution in [0, 0.1) is 17.6 Å². The molecule has 0 amide bonds. The predicted octanol–water partition coefficient (Wildman–Crippen LogP) is 4.84. The summed E-state index contributed by atoms with van der Waals surface area (Å²) in [6.45, 7) is 4.24. The molecule has 0 aliphatic heterocycles. The van der Waals surface area contributed by atoms with Gasteiger partial charge in [0, 0.05) is 10.0 Å². The summed E-state index contributed by atoms with van der Waals surface area (Å²) in [5.74, 6) is 4.80. The molecule has 1 aromatic carbocycles. The Hall–Kier alpha value is -0.520. The van der Waals surface area contributed by atoms with Gasteiger partial charge in [-0.25, -0.2) is 8.78 Å². The van der Waals surface area contributed by atoms with Gasteiger partial charge in [0.1, 0.15) is 11.6 Å². The van der Waals surface area contributed by atoms with E-state index in [4.69, 9.17) is 5.84 Å². The highest BCUT2D eigenvalue weighted by Gasteiger charge is 2.22. The van der Waals surface area contributed by atoms with Crippen molar-refractivity contribution < 1.29 is 8.78 Å². The van der Waals surface area contributed by atoms with Gasteiger partial charge < -0.3 is 0 Å². The van der Waals surface area contributed by atoms with Gasteiger partial charge >= 0.3 is 0 Å². The SMILES string of the molecule is CCCCC(CC)CC(NN)c1c(F)cc(Br)cc1F. The Morgan fingerprint density at radius 2 is 1.85 bits per heavy atom. The number of hydrogen-bond acceptors (Lipinski definition) is 2. The molecule has 0 spiro atoms. The van der Waals surface area contributed by atoms with Crippen LogP contribution in [-0.2, 0) is 0 Å². The summed E-state index contributed by atoms with van der Waals surface area (Å²) >= 11 is 3.09. The minimum Gasteiger partial charge on any atom is -0.271 e. The average molecular weight is 349 g/mol. The summed E-state index contributed by atoms with van der Waals surface area (Å²) in [7, 11) is 0. The maximum absolute atomic E-state index is 14.0. The molecule has 5 heteroatoms. The Labute approximate surface area is 128 Å². The first-order chi connectivity index (χ1) is 9.53. The van der Waals surface area contributed by atoms with Gasteiger partial charge in [0.2, 0.25) is 0 Å². The molecule has 1 rings (SSSR count). The first-order valence-electron chi connectivity index (χ1n) is 7.13. The van der Waals surface area contributed by atoms with Crippen molar-refractivity contribution in [2.75, 3.05) is 0 Å². The Balaban J connectivity index is 2.90. The lowest BCUT2D eigenvalue weighted by Gasteiger charge is -2.23. The lowest BCUT2D eigenvalue weighted by Crippen LogP contribution is -2.31. The number of halogens is 3. The Morgan fingerprint density at radius 3 is 2.30 bits per heavy atom. The fraction of sp³-hybridized carbons (Fsp3) is 0.600. The first-order valence-corrected chi connectivity index (χ1v) is 7.93. The molecule has 0 aliphatic rings. The number of rotatable bonds is 8. The lowest BCUT2D eigenvalue weighted by atomic mass is 9.89. The Morgan fingerprint density at radius 1 is 1.25 bits per heavy atom. The highest BCUT2D eigenvalue weighted by molar-refractivity contribution is 9.10. The van der Waals surface area contributed by atoms with Gasteiger partial charge in [-0.1, -0.05) is 55.5 Å². The number of benzene rings is 1. The summed E-state index contributed by atoms with van der Waals surface area (Å²) in [5, 5.41) is 0. The summed E-state index contributed by atoms with van der Waals surface area (Å²) < 4.78 is 28.4. The second kappa shape index (κ2) is 8.70. The van der Waals surface area contributed by atoms with Crippen LogP contribution in [0.25, 0.3) is 0 Å². The maximum atomic E-state index is 14.0. The molecule has 0 aromatic heterocycles. The minimum atomic E-state index is -0.565. The average Bonchev–Trinajstić information content (AvgIpc) is 2.40. The van der Waals surface area contributed by atoms with Gasteiger partial charge in [0.25, 0.3) is 0 Å². The largest absolute Gasteiger partial charge is 0.271 e. The van der Waals surface area contributed by atoms with Crippen LogP contribution in [0.15, 0.2) is 16.6 Å². The summed E-state index contributed by atoms with van der Waals surface area (Å²) in [6, 6.07) is 2.05. The van der Waals surface area contributed by atoms with Crippen LogP contribution in [0.2, 0.25) is 0 Å². The van der Waals surface area contributed by atoms with Gasteiger partial charge in [0.15, 0.2) is 0 Å². The first kappa shape index (κ1) is 17.5. The monoisotopic (exact) mass is 348 g/mol. The van der Waals surface area contributed by atoms with Crippen LogP contribution >= 0.6 is 15.9 Å². The fourth-order valence-electron chi connectivity index (χ4n) is 2.47. The van der Waals surface area contributed by atoms with Gasteiger partial charge in [-0.2, -0.15) is 0 Å². The van der Waals surface area contributed by atoms with E-state index in [0.717, 1.165) is 25.7 Å². The van der Waals surface area contributed by atoms with Crippen LogP contribution < -0.4 is 11.3 Å². The lowest BCUT2D eigenvalue weighted by molar-refractivity contribution is 0.343. The third kappa shape index (κ3) is 4.79. The molecular weight excluding hydrogens is 326 g/mol. The quantitative estimate of drug-likeness (QED) is 0.521. The molecule has 0 fully saturated rings. The highest BCUT2D eigenvalue weighted by atomic mass is 79.9. The number of unbranched alkanes of at least 4 members (excludes halogenated alkanes) is 1. The van der Waals surface area contributed by atoms with Crippen LogP contribution in [0.4, 0.5) is 8.78 Å². The van der Waals surface area contributed by atoms with Gasteiger partial charge in [0.05, 0.1) is 6.04 Å². The molecule has 20 heavy (non-hydrogen) atoms. The van der Waals surface area contributed by atoms with E-state index < -0.39 is 17.7 Å². The van der Waals surface area contributed by atoms with Crippen molar-refractivity contribution in [1.29, 1.82) is 0 Å². The third-order valence-electron chi connectivity index (χ3n) is 3.71. The molecule has 0 aliphatic carbocycles. The van der Waals surface area contributed by atoms with Gasteiger partial charge in [-0.05, 0) is 24.5 Å². The van der Waals surface area contributed by atoms with Gasteiger partial charge in [-0.3, -0.25) is 11.3 Å². The topological polar surface area (TPSA) is 38.0 Å². The maximum Gasteiger partial charge on any atom is 0.132 e. The van der Waals surface area contributed by atoms with Crippen molar-refractivity contribution in [3.63, 3.8) is 0 Å². The molecule has 0 heterocycles. The van der Waals surface area contributed by atoms with Crippen molar-refractivity contribution in [1.82, 2.24) is 5.43 Å². The molecular formula is C15H23BrF2N2. The Bertz CT molecular complexity index is 403. The molecule has 0 radical (unpaired) electrons. The Kier molecular flexibility index (Phi) is 7.62. The van der Waals surface area contributed by atoms with Crippen molar-refractivity contribution in [3.8, 4) is 0 Å². The van der Waals surface area contributed by atoms with Crippen LogP contribution in [-0.4, -0.2) is 0 Å². The van der Waals surface area contributed by atoms with Gasteiger partial charge in [-0.15, -0.1) is 0 Å². The highest BCUT2D eigenvalue weighted by Crippen LogP contribution is 2.31. The molecule has 2 unspecified atom stereocenters. The minimum absolute atomic E-state index is 0.0330. The van der Waals surface area contributed by atoms with Crippen molar-refractivity contribution in [2.45, 2.75) is 52.0 Å². The van der Waals surface area contributed by atoms with Crippen molar-refractivity contribution >= 4 is 15.9 Å². The standard InChI is InChI=1S/C15H23BrF2N2/c1-3-5-6-10(4-2)7-14(20-19)15-12(17)8-11(16)9-13(15)18/h8-10,14,20H,3-7,19H2,1-2H3. The number of nitrogens with one attached hydrogen (secondary N) is 1. The molecule has 114 valence electrons. The number of hydrazine groups is 1. The zero-order valence-corrected chi connectivity index (χ0v) is 13.6. The second-order valence-corrected chi connectivity index (χ2v) is 6.07. The van der Waals surface area contributed by atoms with E-state index >= 15 is 0 Å². The summed E-state index contributed by atoms with van der Waals surface area (Å²) in [5.41, 5.74) is 2.60. The van der Waals surface area contributed by atoms with Crippen molar-refractivity contribution in [2.24, 2.45) is 11.8 Å². The molecule has 2 nitrogen and oxygen atoms in total. The normalized spacial score (nSPS) is 14.3. The zero-order chi connectivity index (χ0) is 15.1. The molecule has 2 atom stereocenters. The fourth-order valence-corrected chi connectivity index (χ4v) is 2.87.